The molecule has 1 heterocycles. The van der Waals surface area contributed by atoms with Crippen molar-refractivity contribution in [1.82, 2.24) is 10.2 Å². The number of H-pyrrole nitrogens is 1. The van der Waals surface area contributed by atoms with Crippen LogP contribution < -0.4 is 4.90 Å². The molecular weight excluding hydrogens is 173 g/mol. The Morgan fingerprint density at radius 3 is 2.20 bits per heavy atom. The summed E-state index contributed by atoms with van der Waals surface area (Å²) in [5.74, 6) is 0. The number of aromatic nitrogens is 2. The lowest BCUT2D eigenvalue weighted by molar-refractivity contribution is 1.09. The number of hydrogen-bond donors (Lipinski definition) is 1. The first-order valence-electron chi connectivity index (χ1n) is 2.47. The minimum Gasteiger partial charge on any atom is -0.375 e. The fourth-order valence-electron chi connectivity index (χ4n) is 0.489. The standard InChI is InChI=1S/C5H9N3.2ClH/c1-8(2)5-3-6-7-4-5;;/h3-4H,1-2H3,(H,6,7);2*1H. The van der Waals surface area contributed by atoms with Gasteiger partial charge < -0.3 is 4.90 Å². The van der Waals surface area contributed by atoms with Gasteiger partial charge >= 0.3 is 0 Å². The van der Waals surface area contributed by atoms with Gasteiger partial charge in [0.25, 0.3) is 0 Å². The quantitative estimate of drug-likeness (QED) is 0.713. The summed E-state index contributed by atoms with van der Waals surface area (Å²) in [5, 5.41) is 6.50. The second-order valence-corrected chi connectivity index (χ2v) is 1.85. The highest BCUT2D eigenvalue weighted by atomic mass is 35.5. The van der Waals surface area contributed by atoms with Gasteiger partial charge in [-0.15, -0.1) is 24.8 Å². The Labute approximate surface area is 72.6 Å². The van der Waals surface area contributed by atoms with E-state index in [1.54, 1.807) is 6.20 Å². The van der Waals surface area contributed by atoms with Crippen molar-refractivity contribution in [3.63, 3.8) is 0 Å². The Balaban J connectivity index is 0. The predicted molar refractivity (Wildman–Crippen MR) is 47.4 cm³/mol. The Morgan fingerprint density at radius 2 is 2.00 bits per heavy atom. The van der Waals surface area contributed by atoms with Gasteiger partial charge in [0.15, 0.2) is 0 Å². The molecule has 0 amide bonds. The number of anilines is 1. The lowest BCUT2D eigenvalue weighted by Crippen LogP contribution is -2.06. The minimum absolute atomic E-state index is 0. The van der Waals surface area contributed by atoms with Crippen LogP contribution in [0, 0.1) is 0 Å². The first kappa shape index (κ1) is 12.3. The number of nitrogens with zero attached hydrogens (tertiary/aromatic N) is 2. The monoisotopic (exact) mass is 183 g/mol. The van der Waals surface area contributed by atoms with Crippen molar-refractivity contribution in [2.75, 3.05) is 19.0 Å². The van der Waals surface area contributed by atoms with Gasteiger partial charge in [-0.2, -0.15) is 5.10 Å². The van der Waals surface area contributed by atoms with Gasteiger partial charge in [-0.05, 0) is 0 Å². The van der Waals surface area contributed by atoms with Gasteiger partial charge in [0, 0.05) is 20.3 Å². The van der Waals surface area contributed by atoms with Gasteiger partial charge in [-0.25, -0.2) is 0 Å². The fraction of sp³-hybridized carbons (Fsp3) is 0.400. The fourth-order valence-corrected chi connectivity index (χ4v) is 0.489. The Bertz CT molecular complexity index is 150. The van der Waals surface area contributed by atoms with Crippen molar-refractivity contribution in [1.29, 1.82) is 0 Å². The van der Waals surface area contributed by atoms with Crippen molar-refractivity contribution >= 4 is 30.5 Å². The van der Waals surface area contributed by atoms with Crippen molar-refractivity contribution < 1.29 is 0 Å². The molecule has 0 spiro atoms. The van der Waals surface area contributed by atoms with E-state index in [2.05, 4.69) is 10.2 Å². The van der Waals surface area contributed by atoms with Crippen LogP contribution in [0.3, 0.4) is 0 Å². The van der Waals surface area contributed by atoms with E-state index in [4.69, 9.17) is 0 Å². The average molecular weight is 184 g/mol. The Hall–Kier alpha value is -0.410. The molecule has 0 fully saturated rings. The molecule has 0 aromatic carbocycles. The molecule has 1 N–H and O–H groups in total. The summed E-state index contributed by atoms with van der Waals surface area (Å²) in [7, 11) is 3.95. The van der Waals surface area contributed by atoms with Crippen LogP contribution in [0.25, 0.3) is 0 Å². The molecule has 0 aliphatic carbocycles. The van der Waals surface area contributed by atoms with E-state index in [-0.39, 0.29) is 24.8 Å². The largest absolute Gasteiger partial charge is 0.375 e. The lowest BCUT2D eigenvalue weighted by atomic mass is 10.5. The van der Waals surface area contributed by atoms with E-state index >= 15 is 0 Å². The SMILES string of the molecule is CN(C)c1cn[nH]c1.Cl.Cl. The Kier molecular flexibility index (Phi) is 6.61. The average Bonchev–Trinajstić information content (AvgIpc) is 2.12. The first-order chi connectivity index (χ1) is 3.80. The summed E-state index contributed by atoms with van der Waals surface area (Å²) in [6.07, 6.45) is 3.62. The second-order valence-electron chi connectivity index (χ2n) is 1.85. The van der Waals surface area contributed by atoms with Crippen LogP contribution in [-0.4, -0.2) is 24.3 Å². The zero-order chi connectivity index (χ0) is 5.98. The molecule has 0 aliphatic heterocycles. The number of aromatic amines is 1. The summed E-state index contributed by atoms with van der Waals surface area (Å²) in [5.41, 5.74) is 1.10. The molecule has 0 radical (unpaired) electrons. The number of halogens is 2. The molecule has 3 nitrogen and oxygen atoms in total. The smallest absolute Gasteiger partial charge is 0.0744 e. The van der Waals surface area contributed by atoms with Crippen LogP contribution in [0.15, 0.2) is 12.4 Å². The molecule has 0 atom stereocenters. The third-order valence-electron chi connectivity index (χ3n) is 1.00. The van der Waals surface area contributed by atoms with E-state index in [0.29, 0.717) is 0 Å². The highest BCUT2D eigenvalue weighted by Gasteiger charge is 1.90. The van der Waals surface area contributed by atoms with Crippen molar-refractivity contribution in [2.45, 2.75) is 0 Å². The lowest BCUT2D eigenvalue weighted by Gasteiger charge is -2.05. The maximum Gasteiger partial charge on any atom is 0.0744 e. The maximum atomic E-state index is 3.78. The molecule has 0 unspecified atom stereocenters. The summed E-state index contributed by atoms with van der Waals surface area (Å²) >= 11 is 0. The van der Waals surface area contributed by atoms with Crippen molar-refractivity contribution in [2.24, 2.45) is 0 Å². The van der Waals surface area contributed by atoms with Crippen molar-refractivity contribution in [3.05, 3.63) is 12.4 Å². The second kappa shape index (κ2) is 5.38. The third kappa shape index (κ3) is 2.94. The summed E-state index contributed by atoms with van der Waals surface area (Å²) < 4.78 is 0. The molecule has 1 aromatic rings. The molecule has 0 bridgehead atoms. The summed E-state index contributed by atoms with van der Waals surface area (Å²) in [4.78, 5) is 1.99. The third-order valence-corrected chi connectivity index (χ3v) is 1.00. The van der Waals surface area contributed by atoms with Gasteiger partial charge in [0.1, 0.15) is 0 Å². The predicted octanol–water partition coefficient (Wildman–Crippen LogP) is 1.32. The Morgan fingerprint density at radius 1 is 1.40 bits per heavy atom. The molecule has 60 valence electrons. The van der Waals surface area contributed by atoms with Crippen molar-refractivity contribution in [3.8, 4) is 0 Å². The van der Waals surface area contributed by atoms with Crippen LogP contribution >= 0.6 is 24.8 Å². The normalized spacial score (nSPS) is 7.40. The van der Waals surface area contributed by atoms with Crippen LogP contribution in [0.2, 0.25) is 0 Å². The number of nitrogens with one attached hydrogen (secondary N) is 1. The van der Waals surface area contributed by atoms with Crippen LogP contribution in [0.4, 0.5) is 5.69 Å². The van der Waals surface area contributed by atoms with Crippen LogP contribution in [0.1, 0.15) is 0 Å². The summed E-state index contributed by atoms with van der Waals surface area (Å²) in [6.45, 7) is 0. The maximum absolute atomic E-state index is 3.78. The number of hydrogen-bond acceptors (Lipinski definition) is 2. The highest BCUT2D eigenvalue weighted by molar-refractivity contribution is 5.85. The van der Waals surface area contributed by atoms with Crippen LogP contribution in [0.5, 0.6) is 0 Å². The molecule has 1 rings (SSSR count). The topological polar surface area (TPSA) is 31.9 Å². The number of rotatable bonds is 1. The van der Waals surface area contributed by atoms with E-state index in [9.17, 15) is 0 Å². The molecule has 0 saturated heterocycles. The van der Waals surface area contributed by atoms with Gasteiger partial charge in [-0.3, -0.25) is 5.10 Å². The van der Waals surface area contributed by atoms with Gasteiger partial charge in [0.05, 0.1) is 11.9 Å². The van der Waals surface area contributed by atoms with E-state index in [1.807, 2.05) is 25.2 Å². The zero-order valence-corrected chi connectivity index (χ0v) is 7.50. The molecule has 0 aliphatic rings. The molecule has 5 heteroatoms. The first-order valence-corrected chi connectivity index (χ1v) is 2.47. The van der Waals surface area contributed by atoms with Crippen LogP contribution in [-0.2, 0) is 0 Å². The van der Waals surface area contributed by atoms with Gasteiger partial charge in [0.2, 0.25) is 0 Å². The molecule has 0 saturated carbocycles. The van der Waals surface area contributed by atoms with E-state index in [0.717, 1.165) is 5.69 Å². The molecule has 1 aromatic heterocycles. The zero-order valence-electron chi connectivity index (χ0n) is 5.87. The highest BCUT2D eigenvalue weighted by Crippen LogP contribution is 2.03. The minimum atomic E-state index is 0. The van der Waals surface area contributed by atoms with E-state index < -0.39 is 0 Å². The van der Waals surface area contributed by atoms with E-state index in [1.165, 1.54) is 0 Å². The summed E-state index contributed by atoms with van der Waals surface area (Å²) in [6, 6.07) is 0. The molecular formula is C5H11Cl2N3. The molecule has 10 heavy (non-hydrogen) atoms. The van der Waals surface area contributed by atoms with Gasteiger partial charge in [-0.1, -0.05) is 0 Å².